The summed E-state index contributed by atoms with van der Waals surface area (Å²) in [5, 5.41) is 15.0. The minimum absolute atomic E-state index is 0.0192. The zero-order chi connectivity index (χ0) is 19.4. The minimum atomic E-state index is -1.04. The van der Waals surface area contributed by atoms with E-state index >= 15 is 0 Å². The lowest BCUT2D eigenvalue weighted by atomic mass is 9.89. The first-order chi connectivity index (χ1) is 13.0. The molecule has 2 aliphatic heterocycles. The van der Waals surface area contributed by atoms with Crippen LogP contribution in [-0.2, 0) is 23.7 Å². The Hall–Kier alpha value is -3.47. The number of esters is 1. The fourth-order valence-corrected chi connectivity index (χ4v) is 2.64. The van der Waals surface area contributed by atoms with Gasteiger partial charge in [-0.2, -0.15) is 0 Å². The summed E-state index contributed by atoms with van der Waals surface area (Å²) in [6.45, 7) is 0.123. The molecule has 1 atom stereocenters. The Bertz CT molecular complexity index is 848. The van der Waals surface area contributed by atoms with E-state index in [4.69, 9.17) is 18.9 Å². The fourth-order valence-electron chi connectivity index (χ4n) is 2.64. The van der Waals surface area contributed by atoms with E-state index in [1.807, 2.05) is 0 Å². The number of hydrogen-bond donors (Lipinski definition) is 1. The summed E-state index contributed by atoms with van der Waals surface area (Å²) in [5.74, 6) is -1.76. The number of cyclic esters (lactones) is 1. The van der Waals surface area contributed by atoms with Gasteiger partial charge in [-0.3, -0.25) is 15.5 Å². The van der Waals surface area contributed by atoms with Crippen molar-refractivity contribution in [1.82, 2.24) is 5.43 Å². The molecule has 142 valence electrons. The first-order valence-electron chi connectivity index (χ1n) is 7.83. The number of carbonyl (C=O) groups is 2. The van der Waals surface area contributed by atoms with Crippen molar-refractivity contribution in [3.8, 4) is 0 Å². The molecule has 0 radical (unpaired) electrons. The van der Waals surface area contributed by atoms with E-state index in [2.05, 4.69) is 10.5 Å². The second-order valence-electron chi connectivity index (χ2n) is 5.51. The van der Waals surface area contributed by atoms with Crippen LogP contribution in [0.5, 0.6) is 0 Å². The van der Waals surface area contributed by atoms with Crippen LogP contribution in [0.1, 0.15) is 11.5 Å². The number of rotatable bonds is 5. The predicted molar refractivity (Wildman–Crippen MR) is 88.7 cm³/mol. The molecule has 2 heterocycles. The third-order valence-corrected chi connectivity index (χ3v) is 3.84. The molecule has 0 spiro atoms. The molecule has 0 fully saturated rings. The molecule has 2 aliphatic rings. The molecule has 1 aromatic rings. The highest BCUT2D eigenvalue weighted by Gasteiger charge is 2.41. The Morgan fingerprint density at radius 1 is 1.44 bits per heavy atom. The molecule has 0 saturated heterocycles. The number of benzene rings is 1. The van der Waals surface area contributed by atoms with Gasteiger partial charge in [0.15, 0.2) is 0 Å². The smallest absolute Gasteiger partial charge is 0.456 e. The van der Waals surface area contributed by atoms with Gasteiger partial charge >= 0.3 is 12.1 Å². The number of nitrogens with zero attached hydrogens (tertiary/aromatic N) is 2. The highest BCUT2D eigenvalue weighted by molar-refractivity contribution is 6.05. The molecule has 27 heavy (non-hydrogen) atoms. The highest BCUT2D eigenvalue weighted by Crippen LogP contribution is 2.36. The van der Waals surface area contributed by atoms with Crippen LogP contribution in [0.2, 0.25) is 0 Å². The zero-order valence-corrected chi connectivity index (χ0v) is 14.2. The Morgan fingerprint density at radius 2 is 2.26 bits per heavy atom. The Labute approximate surface area is 152 Å². The minimum Gasteiger partial charge on any atom is -0.456 e. The van der Waals surface area contributed by atoms with E-state index in [9.17, 15) is 19.7 Å². The average Bonchev–Trinajstić information content (AvgIpc) is 3.03. The lowest BCUT2D eigenvalue weighted by Crippen LogP contribution is -2.31. The monoisotopic (exact) mass is 377 g/mol. The van der Waals surface area contributed by atoms with E-state index in [0.717, 1.165) is 0 Å². The third kappa shape index (κ3) is 3.87. The molecular formula is C16H15N3O8. The standard InChI is InChI=1S/C16H15N3O8/c1-24-5-6-25-16(21)27-14-12(9-3-2-4-10(7-9)19(22)23)13-11(17-18-14)8-26-15(13)20/h2-4,7,12,17H,5-6,8H2,1H3. The number of nitro groups is 1. The lowest BCUT2D eigenvalue weighted by Gasteiger charge is -2.22. The van der Waals surface area contributed by atoms with Crippen LogP contribution in [-0.4, -0.2) is 49.9 Å². The molecular weight excluding hydrogens is 362 g/mol. The van der Waals surface area contributed by atoms with Crippen LogP contribution >= 0.6 is 0 Å². The molecule has 11 heteroatoms. The normalized spacial score (nSPS) is 18.2. The second kappa shape index (κ2) is 7.83. The van der Waals surface area contributed by atoms with Gasteiger partial charge in [0.1, 0.15) is 13.2 Å². The molecule has 0 saturated carbocycles. The van der Waals surface area contributed by atoms with Crippen LogP contribution in [0.4, 0.5) is 10.5 Å². The fraction of sp³-hybridized carbons (Fsp3) is 0.312. The van der Waals surface area contributed by atoms with Crippen LogP contribution in [0.25, 0.3) is 0 Å². The first kappa shape index (κ1) is 18.3. The molecule has 0 amide bonds. The van der Waals surface area contributed by atoms with Gasteiger partial charge in [-0.05, 0) is 5.56 Å². The molecule has 1 N–H and O–H groups in total. The van der Waals surface area contributed by atoms with Crippen molar-refractivity contribution in [3.63, 3.8) is 0 Å². The summed E-state index contributed by atoms with van der Waals surface area (Å²) in [6, 6.07) is 5.61. The van der Waals surface area contributed by atoms with Crippen molar-refractivity contribution in [2.45, 2.75) is 5.92 Å². The van der Waals surface area contributed by atoms with Gasteiger partial charge in [0, 0.05) is 19.2 Å². The Kier molecular flexibility index (Phi) is 5.31. The van der Waals surface area contributed by atoms with Gasteiger partial charge in [0.2, 0.25) is 5.90 Å². The van der Waals surface area contributed by atoms with E-state index in [1.165, 1.54) is 25.3 Å². The van der Waals surface area contributed by atoms with Crippen molar-refractivity contribution in [2.75, 3.05) is 26.9 Å². The lowest BCUT2D eigenvalue weighted by molar-refractivity contribution is -0.384. The quantitative estimate of drug-likeness (QED) is 0.347. The molecule has 0 aromatic heterocycles. The maximum Gasteiger partial charge on any atom is 0.515 e. The molecule has 1 aromatic carbocycles. The van der Waals surface area contributed by atoms with E-state index in [0.29, 0.717) is 11.3 Å². The summed E-state index contributed by atoms with van der Waals surface area (Å²) >= 11 is 0. The number of hydrazone groups is 1. The average molecular weight is 377 g/mol. The van der Waals surface area contributed by atoms with Crippen LogP contribution in [0.3, 0.4) is 0 Å². The number of carbonyl (C=O) groups excluding carboxylic acids is 2. The van der Waals surface area contributed by atoms with Crippen molar-refractivity contribution in [3.05, 3.63) is 51.2 Å². The number of methoxy groups -OCH3 is 1. The van der Waals surface area contributed by atoms with Crippen LogP contribution in [0.15, 0.2) is 40.6 Å². The van der Waals surface area contributed by atoms with Crippen molar-refractivity contribution in [2.24, 2.45) is 5.10 Å². The van der Waals surface area contributed by atoms with Crippen molar-refractivity contribution < 1.29 is 33.5 Å². The van der Waals surface area contributed by atoms with E-state index < -0.39 is 23.0 Å². The molecule has 0 aliphatic carbocycles. The number of nitrogens with one attached hydrogen (secondary N) is 1. The number of nitro benzene ring substituents is 1. The Balaban J connectivity index is 1.91. The van der Waals surface area contributed by atoms with Gasteiger partial charge in [-0.15, -0.1) is 5.10 Å². The van der Waals surface area contributed by atoms with Crippen molar-refractivity contribution >= 4 is 23.7 Å². The van der Waals surface area contributed by atoms with Gasteiger partial charge in [0.05, 0.1) is 28.7 Å². The van der Waals surface area contributed by atoms with Crippen LogP contribution in [0, 0.1) is 10.1 Å². The summed E-state index contributed by atoms with van der Waals surface area (Å²) in [4.78, 5) is 34.5. The number of hydrogen-bond acceptors (Lipinski definition) is 10. The zero-order valence-electron chi connectivity index (χ0n) is 14.2. The van der Waals surface area contributed by atoms with E-state index in [-0.39, 0.29) is 37.0 Å². The SMILES string of the molecule is COCCOC(=O)OC1=NNC2=C(C(=O)OC2)C1c1cccc([N+](=O)[O-])c1. The first-order valence-corrected chi connectivity index (χ1v) is 7.83. The van der Waals surface area contributed by atoms with Crippen molar-refractivity contribution in [1.29, 1.82) is 0 Å². The summed E-state index contributed by atoms with van der Waals surface area (Å²) in [6.07, 6.45) is -1.04. The van der Waals surface area contributed by atoms with Crippen LogP contribution < -0.4 is 5.43 Å². The Morgan fingerprint density at radius 3 is 3.00 bits per heavy atom. The molecule has 0 bridgehead atoms. The number of non-ortho nitro benzene ring substituents is 1. The maximum atomic E-state index is 12.2. The predicted octanol–water partition coefficient (Wildman–Crippen LogP) is 1.21. The summed E-state index contributed by atoms with van der Waals surface area (Å²) in [5.41, 5.74) is 3.34. The molecule has 1 unspecified atom stereocenters. The topological polar surface area (TPSA) is 139 Å². The summed E-state index contributed by atoms with van der Waals surface area (Å²) < 4.78 is 19.7. The second-order valence-corrected chi connectivity index (χ2v) is 5.51. The molecule has 3 rings (SSSR count). The summed E-state index contributed by atoms with van der Waals surface area (Å²) in [7, 11) is 1.45. The van der Waals surface area contributed by atoms with Gasteiger partial charge in [-0.1, -0.05) is 12.1 Å². The van der Waals surface area contributed by atoms with Gasteiger partial charge in [-0.25, -0.2) is 9.59 Å². The van der Waals surface area contributed by atoms with Gasteiger partial charge < -0.3 is 18.9 Å². The maximum absolute atomic E-state index is 12.2. The largest absolute Gasteiger partial charge is 0.515 e. The molecule has 11 nitrogen and oxygen atoms in total. The highest BCUT2D eigenvalue weighted by atomic mass is 16.7. The van der Waals surface area contributed by atoms with Gasteiger partial charge in [0.25, 0.3) is 5.69 Å². The third-order valence-electron chi connectivity index (χ3n) is 3.84. The number of ether oxygens (including phenoxy) is 4. The van der Waals surface area contributed by atoms with E-state index in [1.54, 1.807) is 6.07 Å².